The summed E-state index contributed by atoms with van der Waals surface area (Å²) in [5, 5.41) is 14.4. The van der Waals surface area contributed by atoms with Gasteiger partial charge in [-0.1, -0.05) is 5.16 Å². The number of rotatable bonds is 6. The van der Waals surface area contributed by atoms with Crippen LogP contribution in [0.3, 0.4) is 0 Å². The number of nitrogens with zero attached hydrogens (tertiary/aromatic N) is 1. The highest BCUT2D eigenvalue weighted by Crippen LogP contribution is 1.98. The average Bonchev–Trinajstić information content (AvgIpc) is 2.69. The molecule has 0 aromatic carbocycles. The fourth-order valence-corrected chi connectivity index (χ4v) is 1.38. The minimum atomic E-state index is -0.858. The lowest BCUT2D eigenvalue weighted by Crippen LogP contribution is -2.26. The van der Waals surface area contributed by atoms with Crippen LogP contribution in [-0.4, -0.2) is 40.2 Å². The average molecular weight is 230 g/mol. The van der Waals surface area contributed by atoms with Crippen LogP contribution in [0.15, 0.2) is 16.9 Å². The summed E-state index contributed by atoms with van der Waals surface area (Å²) in [7, 11) is 0. The van der Waals surface area contributed by atoms with Crippen LogP contribution in [0.1, 0.15) is 10.5 Å². The third kappa shape index (κ3) is 4.50. The molecule has 0 radical (unpaired) electrons. The van der Waals surface area contributed by atoms with Crippen LogP contribution < -0.4 is 5.32 Å². The normalized spacial score (nSPS) is 9.87. The van der Waals surface area contributed by atoms with E-state index in [9.17, 15) is 9.59 Å². The number of aromatic nitrogens is 1. The summed E-state index contributed by atoms with van der Waals surface area (Å²) < 4.78 is 4.50. The maximum Gasteiger partial charge on any atom is 0.313 e. The minimum absolute atomic E-state index is 0.0415. The Hall–Kier alpha value is -1.50. The Morgan fingerprint density at radius 3 is 3.00 bits per heavy atom. The van der Waals surface area contributed by atoms with Gasteiger partial charge in [-0.05, 0) is 0 Å². The summed E-state index contributed by atoms with van der Waals surface area (Å²) in [5.41, 5.74) is 0.221. The molecule has 7 heteroatoms. The Bertz CT molecular complexity index is 325. The molecule has 82 valence electrons. The number of thioether (sulfide) groups is 1. The van der Waals surface area contributed by atoms with Crippen LogP contribution in [0.25, 0.3) is 0 Å². The second kappa shape index (κ2) is 6.07. The van der Waals surface area contributed by atoms with Crippen molar-refractivity contribution in [3.63, 3.8) is 0 Å². The zero-order valence-corrected chi connectivity index (χ0v) is 8.62. The summed E-state index contributed by atoms with van der Waals surface area (Å²) in [5.74, 6) is -0.585. The molecule has 0 atom stereocenters. The molecule has 0 saturated heterocycles. The summed E-state index contributed by atoms with van der Waals surface area (Å²) in [4.78, 5) is 21.4. The number of hydrogen-bond acceptors (Lipinski definition) is 5. The van der Waals surface area contributed by atoms with Gasteiger partial charge in [0.2, 0.25) is 0 Å². The van der Waals surface area contributed by atoms with Crippen molar-refractivity contribution in [2.24, 2.45) is 0 Å². The number of carboxylic acids is 1. The van der Waals surface area contributed by atoms with Crippen molar-refractivity contribution in [1.29, 1.82) is 0 Å². The molecule has 0 aliphatic heterocycles. The monoisotopic (exact) mass is 230 g/mol. The molecule has 1 heterocycles. The Morgan fingerprint density at radius 1 is 1.60 bits per heavy atom. The highest BCUT2D eigenvalue weighted by Gasteiger charge is 2.07. The molecule has 0 saturated carbocycles. The molecule has 0 fully saturated rings. The van der Waals surface area contributed by atoms with Gasteiger partial charge in [-0.2, -0.15) is 0 Å². The van der Waals surface area contributed by atoms with Gasteiger partial charge < -0.3 is 14.9 Å². The lowest BCUT2D eigenvalue weighted by atomic mass is 10.4. The number of nitrogens with one attached hydrogen (secondary N) is 1. The fourth-order valence-electron chi connectivity index (χ4n) is 0.816. The van der Waals surface area contributed by atoms with Gasteiger partial charge in [-0.3, -0.25) is 9.59 Å². The number of aliphatic carboxylic acids is 1. The number of carboxylic acid groups (broad SMARTS) is 1. The van der Waals surface area contributed by atoms with Gasteiger partial charge >= 0.3 is 5.97 Å². The van der Waals surface area contributed by atoms with E-state index in [1.165, 1.54) is 24.1 Å². The van der Waals surface area contributed by atoms with Crippen molar-refractivity contribution in [3.05, 3.63) is 18.0 Å². The maximum atomic E-state index is 11.2. The first kappa shape index (κ1) is 11.6. The number of hydrogen-bond donors (Lipinski definition) is 2. The first-order valence-electron chi connectivity index (χ1n) is 4.18. The van der Waals surface area contributed by atoms with E-state index in [0.717, 1.165) is 0 Å². The van der Waals surface area contributed by atoms with Crippen LogP contribution in [0.2, 0.25) is 0 Å². The molecule has 1 aromatic heterocycles. The quantitative estimate of drug-likeness (QED) is 0.679. The van der Waals surface area contributed by atoms with Crippen LogP contribution in [0.4, 0.5) is 0 Å². The largest absolute Gasteiger partial charge is 0.481 e. The topological polar surface area (TPSA) is 92.4 Å². The molecule has 0 spiro atoms. The molecule has 1 aromatic rings. The third-order valence-electron chi connectivity index (χ3n) is 1.43. The van der Waals surface area contributed by atoms with Crippen molar-refractivity contribution in [2.75, 3.05) is 18.1 Å². The molecule has 15 heavy (non-hydrogen) atoms. The highest BCUT2D eigenvalue weighted by atomic mass is 32.2. The SMILES string of the molecule is O=C(O)CSCCNC(=O)c1ccon1. The number of carbonyl (C=O) groups excluding carboxylic acids is 1. The zero-order chi connectivity index (χ0) is 11.1. The minimum Gasteiger partial charge on any atom is -0.481 e. The molecule has 1 rings (SSSR count). The summed E-state index contributed by atoms with van der Waals surface area (Å²) in [6, 6.07) is 1.46. The van der Waals surface area contributed by atoms with Crippen LogP contribution >= 0.6 is 11.8 Å². The van der Waals surface area contributed by atoms with Crippen LogP contribution in [0.5, 0.6) is 0 Å². The van der Waals surface area contributed by atoms with E-state index in [4.69, 9.17) is 5.11 Å². The molecule has 0 bridgehead atoms. The number of amides is 1. The summed E-state index contributed by atoms with van der Waals surface area (Å²) in [6.45, 7) is 0.406. The van der Waals surface area contributed by atoms with Gasteiger partial charge in [-0.25, -0.2) is 0 Å². The van der Waals surface area contributed by atoms with Gasteiger partial charge in [0, 0.05) is 18.4 Å². The van der Waals surface area contributed by atoms with Crippen molar-refractivity contribution in [2.45, 2.75) is 0 Å². The zero-order valence-electron chi connectivity index (χ0n) is 7.80. The molecular weight excluding hydrogens is 220 g/mol. The molecule has 0 unspecified atom stereocenters. The number of carbonyl (C=O) groups is 2. The van der Waals surface area contributed by atoms with Crippen molar-refractivity contribution < 1.29 is 19.2 Å². The second-order valence-corrected chi connectivity index (χ2v) is 3.69. The Morgan fingerprint density at radius 2 is 2.40 bits per heavy atom. The first-order valence-corrected chi connectivity index (χ1v) is 5.33. The first-order chi connectivity index (χ1) is 7.20. The van der Waals surface area contributed by atoms with E-state index in [1.807, 2.05) is 0 Å². The molecule has 0 aliphatic carbocycles. The standard InChI is InChI=1S/C8H10N2O4S/c11-7(12)5-15-4-2-9-8(13)6-1-3-14-10-6/h1,3H,2,4-5H2,(H,9,13)(H,11,12). The van der Waals surface area contributed by atoms with E-state index in [-0.39, 0.29) is 17.4 Å². The summed E-state index contributed by atoms with van der Waals surface area (Å²) in [6.07, 6.45) is 1.31. The molecule has 2 N–H and O–H groups in total. The third-order valence-corrected chi connectivity index (χ3v) is 2.37. The highest BCUT2D eigenvalue weighted by molar-refractivity contribution is 7.99. The van der Waals surface area contributed by atoms with E-state index < -0.39 is 5.97 Å². The van der Waals surface area contributed by atoms with Gasteiger partial charge in [0.1, 0.15) is 6.26 Å². The lowest BCUT2D eigenvalue weighted by molar-refractivity contribution is -0.133. The van der Waals surface area contributed by atoms with Crippen molar-refractivity contribution >= 4 is 23.6 Å². The molecular formula is C8H10N2O4S. The smallest absolute Gasteiger partial charge is 0.313 e. The van der Waals surface area contributed by atoms with Crippen LogP contribution in [0, 0.1) is 0 Å². The predicted molar refractivity (Wildman–Crippen MR) is 53.8 cm³/mol. The predicted octanol–water partition coefficient (Wildman–Crippen LogP) is 0.222. The van der Waals surface area contributed by atoms with Crippen LogP contribution in [-0.2, 0) is 4.79 Å². The fraction of sp³-hybridized carbons (Fsp3) is 0.375. The molecule has 0 aliphatic rings. The Kier molecular flexibility index (Phi) is 4.69. The van der Waals surface area contributed by atoms with E-state index in [2.05, 4.69) is 15.0 Å². The van der Waals surface area contributed by atoms with E-state index in [0.29, 0.717) is 12.3 Å². The molecule has 1 amide bonds. The van der Waals surface area contributed by atoms with Gasteiger partial charge in [-0.15, -0.1) is 11.8 Å². The second-order valence-electron chi connectivity index (χ2n) is 2.59. The Balaban J connectivity index is 2.10. The van der Waals surface area contributed by atoms with Gasteiger partial charge in [0.25, 0.3) is 5.91 Å². The lowest BCUT2D eigenvalue weighted by Gasteiger charge is -2.00. The Labute approximate surface area is 90.0 Å². The van der Waals surface area contributed by atoms with Gasteiger partial charge in [0.05, 0.1) is 5.75 Å². The van der Waals surface area contributed by atoms with E-state index in [1.54, 1.807) is 0 Å². The van der Waals surface area contributed by atoms with E-state index >= 15 is 0 Å². The van der Waals surface area contributed by atoms with Crippen molar-refractivity contribution in [3.8, 4) is 0 Å². The van der Waals surface area contributed by atoms with Gasteiger partial charge in [0.15, 0.2) is 5.69 Å². The molecule has 6 nitrogen and oxygen atoms in total. The maximum absolute atomic E-state index is 11.2. The summed E-state index contributed by atoms with van der Waals surface area (Å²) >= 11 is 1.24. The van der Waals surface area contributed by atoms with Crippen molar-refractivity contribution in [1.82, 2.24) is 10.5 Å².